The molecule has 1 aliphatic rings. The van der Waals surface area contributed by atoms with Crippen molar-refractivity contribution >= 4 is 10.8 Å². The highest BCUT2D eigenvalue weighted by Gasteiger charge is 2.37. The minimum absolute atomic E-state index is 0.0406. The first-order chi connectivity index (χ1) is 12.6. The van der Waals surface area contributed by atoms with E-state index >= 15 is 0 Å². The smallest absolute Gasteiger partial charge is 0.0159 e. The third-order valence-electron chi connectivity index (χ3n) is 6.02. The Morgan fingerprint density at radius 3 is 2.15 bits per heavy atom. The quantitative estimate of drug-likeness (QED) is 0.347. The first-order valence-corrected chi connectivity index (χ1v) is 9.31. The zero-order valence-corrected chi connectivity index (χ0v) is 15.5. The van der Waals surface area contributed by atoms with Crippen LogP contribution in [0, 0.1) is 6.92 Å². The van der Waals surface area contributed by atoms with E-state index in [1.54, 1.807) is 0 Å². The fourth-order valence-corrected chi connectivity index (χ4v) is 4.69. The number of rotatable bonds is 1. The molecular weight excluding hydrogens is 312 g/mol. The Morgan fingerprint density at radius 2 is 1.27 bits per heavy atom. The van der Waals surface area contributed by atoms with Gasteiger partial charge >= 0.3 is 0 Å². The number of fused-ring (bicyclic) bond motifs is 4. The van der Waals surface area contributed by atoms with Gasteiger partial charge in [-0.1, -0.05) is 92.7 Å². The number of benzene rings is 4. The van der Waals surface area contributed by atoms with E-state index < -0.39 is 0 Å². The van der Waals surface area contributed by atoms with Gasteiger partial charge in [-0.05, 0) is 56.6 Å². The van der Waals surface area contributed by atoms with Crippen LogP contribution in [-0.2, 0) is 5.41 Å². The van der Waals surface area contributed by atoms with Crippen LogP contribution >= 0.6 is 0 Å². The standard InChI is InChI=1S/C26H22/c1-17-15-16-23-25(21-12-6-7-14-22(21)26(23,2)3)24(17)20-13-8-10-18-9-4-5-11-19(18)20/h4-16H,1-3H3. The summed E-state index contributed by atoms with van der Waals surface area (Å²) >= 11 is 0. The van der Waals surface area contributed by atoms with Crippen LogP contribution in [0.25, 0.3) is 33.0 Å². The van der Waals surface area contributed by atoms with Crippen LogP contribution in [0.3, 0.4) is 0 Å². The van der Waals surface area contributed by atoms with E-state index in [-0.39, 0.29) is 5.41 Å². The van der Waals surface area contributed by atoms with Gasteiger partial charge in [0.05, 0.1) is 0 Å². The topological polar surface area (TPSA) is 0 Å². The molecule has 0 unspecified atom stereocenters. The summed E-state index contributed by atoms with van der Waals surface area (Å²) in [7, 11) is 0. The molecule has 0 bridgehead atoms. The second-order valence-electron chi connectivity index (χ2n) is 7.88. The summed E-state index contributed by atoms with van der Waals surface area (Å²) in [5.74, 6) is 0. The molecule has 0 heterocycles. The molecule has 0 aliphatic heterocycles. The number of hydrogen-bond acceptors (Lipinski definition) is 0. The van der Waals surface area contributed by atoms with Gasteiger partial charge in [0.1, 0.15) is 0 Å². The van der Waals surface area contributed by atoms with Gasteiger partial charge < -0.3 is 0 Å². The molecular formula is C26H22. The maximum atomic E-state index is 2.35. The van der Waals surface area contributed by atoms with Gasteiger partial charge in [0, 0.05) is 5.41 Å². The van der Waals surface area contributed by atoms with Crippen LogP contribution in [0.2, 0.25) is 0 Å². The van der Waals surface area contributed by atoms with E-state index in [1.807, 2.05) is 0 Å². The van der Waals surface area contributed by atoms with Crippen LogP contribution in [0.4, 0.5) is 0 Å². The van der Waals surface area contributed by atoms with Gasteiger partial charge in [0.25, 0.3) is 0 Å². The zero-order valence-electron chi connectivity index (χ0n) is 15.5. The third-order valence-corrected chi connectivity index (χ3v) is 6.02. The molecule has 0 atom stereocenters. The Bertz CT molecular complexity index is 1160. The van der Waals surface area contributed by atoms with Crippen molar-refractivity contribution in [3.8, 4) is 22.3 Å². The molecule has 1 aliphatic carbocycles. The second kappa shape index (κ2) is 5.32. The molecule has 0 saturated carbocycles. The summed E-state index contributed by atoms with van der Waals surface area (Å²) in [6.07, 6.45) is 0. The second-order valence-corrected chi connectivity index (χ2v) is 7.88. The molecule has 5 rings (SSSR count). The summed E-state index contributed by atoms with van der Waals surface area (Å²) in [6, 6.07) is 28.9. The lowest BCUT2D eigenvalue weighted by Gasteiger charge is -2.22. The fraction of sp³-hybridized carbons (Fsp3) is 0.154. The van der Waals surface area contributed by atoms with Crippen LogP contribution in [0.15, 0.2) is 78.9 Å². The van der Waals surface area contributed by atoms with Gasteiger partial charge in [-0.3, -0.25) is 0 Å². The highest BCUT2D eigenvalue weighted by Crippen LogP contribution is 2.53. The van der Waals surface area contributed by atoms with E-state index in [9.17, 15) is 0 Å². The normalized spacial score (nSPS) is 14.3. The Balaban J connectivity index is 1.94. The third kappa shape index (κ3) is 1.96. The van der Waals surface area contributed by atoms with Crippen molar-refractivity contribution in [1.82, 2.24) is 0 Å². The lowest BCUT2D eigenvalue weighted by Crippen LogP contribution is -2.14. The van der Waals surface area contributed by atoms with Crippen molar-refractivity contribution in [3.05, 3.63) is 95.6 Å². The first-order valence-electron chi connectivity index (χ1n) is 9.31. The Labute approximate surface area is 155 Å². The molecule has 26 heavy (non-hydrogen) atoms. The highest BCUT2D eigenvalue weighted by atomic mass is 14.4. The lowest BCUT2D eigenvalue weighted by molar-refractivity contribution is 0.660. The van der Waals surface area contributed by atoms with E-state index in [2.05, 4.69) is 99.6 Å². The van der Waals surface area contributed by atoms with Crippen molar-refractivity contribution in [1.29, 1.82) is 0 Å². The molecule has 0 radical (unpaired) electrons. The van der Waals surface area contributed by atoms with Crippen LogP contribution in [0.1, 0.15) is 30.5 Å². The summed E-state index contributed by atoms with van der Waals surface area (Å²) in [5.41, 5.74) is 9.78. The number of aryl methyl sites for hydroxylation is 1. The Morgan fingerprint density at radius 1 is 0.577 bits per heavy atom. The Kier molecular flexibility index (Phi) is 3.15. The monoisotopic (exact) mass is 334 g/mol. The number of hydrogen-bond donors (Lipinski definition) is 0. The van der Waals surface area contributed by atoms with Gasteiger partial charge in [0.2, 0.25) is 0 Å². The van der Waals surface area contributed by atoms with E-state index in [0.29, 0.717) is 0 Å². The molecule has 4 aromatic carbocycles. The largest absolute Gasteiger partial charge is 0.0619 e. The molecule has 0 nitrogen and oxygen atoms in total. The molecule has 126 valence electrons. The van der Waals surface area contributed by atoms with Gasteiger partial charge in [0.15, 0.2) is 0 Å². The van der Waals surface area contributed by atoms with Crippen molar-refractivity contribution in [2.24, 2.45) is 0 Å². The minimum Gasteiger partial charge on any atom is -0.0619 e. The molecule has 0 spiro atoms. The van der Waals surface area contributed by atoms with Gasteiger partial charge in [-0.2, -0.15) is 0 Å². The predicted molar refractivity (Wildman–Crippen MR) is 112 cm³/mol. The molecule has 0 aromatic heterocycles. The zero-order chi connectivity index (χ0) is 17.9. The van der Waals surface area contributed by atoms with Gasteiger partial charge in [-0.15, -0.1) is 0 Å². The minimum atomic E-state index is 0.0406. The van der Waals surface area contributed by atoms with E-state index in [4.69, 9.17) is 0 Å². The first kappa shape index (κ1) is 15.4. The molecule has 4 aromatic rings. The molecule has 0 fully saturated rings. The lowest BCUT2D eigenvalue weighted by atomic mass is 9.81. The average Bonchev–Trinajstić information content (AvgIpc) is 2.89. The summed E-state index contributed by atoms with van der Waals surface area (Å²) in [4.78, 5) is 0. The maximum absolute atomic E-state index is 2.35. The highest BCUT2D eigenvalue weighted by molar-refractivity contribution is 6.03. The predicted octanol–water partition coefficient (Wildman–Crippen LogP) is 7.12. The average molecular weight is 334 g/mol. The van der Waals surface area contributed by atoms with Crippen molar-refractivity contribution < 1.29 is 0 Å². The van der Waals surface area contributed by atoms with Crippen molar-refractivity contribution in [2.45, 2.75) is 26.2 Å². The Hall–Kier alpha value is -2.86. The van der Waals surface area contributed by atoms with Gasteiger partial charge in [-0.25, -0.2) is 0 Å². The summed E-state index contributed by atoms with van der Waals surface area (Å²) in [5, 5.41) is 2.63. The summed E-state index contributed by atoms with van der Waals surface area (Å²) in [6.45, 7) is 6.94. The molecule has 0 saturated heterocycles. The van der Waals surface area contributed by atoms with Crippen molar-refractivity contribution in [2.75, 3.05) is 0 Å². The molecule has 0 N–H and O–H groups in total. The van der Waals surface area contributed by atoms with E-state index in [1.165, 1.54) is 49.7 Å². The molecule has 0 heteroatoms. The maximum Gasteiger partial charge on any atom is 0.0159 e. The van der Waals surface area contributed by atoms with Crippen LogP contribution in [-0.4, -0.2) is 0 Å². The van der Waals surface area contributed by atoms with Crippen LogP contribution < -0.4 is 0 Å². The van der Waals surface area contributed by atoms with Crippen LogP contribution in [0.5, 0.6) is 0 Å². The van der Waals surface area contributed by atoms with Crippen molar-refractivity contribution in [3.63, 3.8) is 0 Å². The molecule has 0 amide bonds. The fourth-order valence-electron chi connectivity index (χ4n) is 4.69. The van der Waals surface area contributed by atoms with E-state index in [0.717, 1.165) is 0 Å². The summed E-state index contributed by atoms with van der Waals surface area (Å²) < 4.78 is 0. The SMILES string of the molecule is Cc1ccc2c(c1-c1cccc3ccccc13)-c1ccccc1C2(C)C.